The van der Waals surface area contributed by atoms with Gasteiger partial charge < -0.3 is 11.1 Å². The molecular formula is C22H20F5N7O2S2. The van der Waals surface area contributed by atoms with E-state index in [2.05, 4.69) is 25.1 Å². The number of benzene rings is 1. The lowest BCUT2D eigenvalue weighted by Gasteiger charge is -2.29. The highest BCUT2D eigenvalue weighted by atomic mass is 32.2. The van der Waals surface area contributed by atoms with Gasteiger partial charge in [0.1, 0.15) is 22.3 Å². The fraction of sp³-hybridized carbons (Fsp3) is 0.318. The number of anilines is 2. The molecule has 3 aromatic heterocycles. The fourth-order valence-electron chi connectivity index (χ4n) is 4.25. The maximum Gasteiger partial charge on any atom is 0.419 e. The summed E-state index contributed by atoms with van der Waals surface area (Å²) in [5, 5.41) is 8.20. The van der Waals surface area contributed by atoms with Crippen molar-refractivity contribution in [1.29, 1.82) is 0 Å². The van der Waals surface area contributed by atoms with Crippen LogP contribution in [0.3, 0.4) is 0 Å². The van der Waals surface area contributed by atoms with E-state index in [9.17, 15) is 30.4 Å². The van der Waals surface area contributed by atoms with Crippen LogP contribution in [0.15, 0.2) is 41.6 Å². The molecule has 0 bridgehead atoms. The minimum atomic E-state index is -4.64. The summed E-state index contributed by atoms with van der Waals surface area (Å²) in [4.78, 5) is 7.82. The van der Waals surface area contributed by atoms with Crippen molar-refractivity contribution in [3.63, 3.8) is 0 Å². The van der Waals surface area contributed by atoms with Gasteiger partial charge in [0.2, 0.25) is 20.1 Å². The van der Waals surface area contributed by atoms with Gasteiger partial charge in [0, 0.05) is 29.9 Å². The molecule has 202 valence electrons. The Labute approximate surface area is 217 Å². The highest BCUT2D eigenvalue weighted by Gasteiger charge is 2.34. The van der Waals surface area contributed by atoms with Crippen molar-refractivity contribution in [3.05, 3.63) is 53.9 Å². The molecular weight excluding hydrogens is 553 g/mol. The lowest BCUT2D eigenvalue weighted by Crippen LogP contribution is -2.40. The summed E-state index contributed by atoms with van der Waals surface area (Å²) >= 11 is 1.21. The van der Waals surface area contributed by atoms with E-state index in [-0.39, 0.29) is 17.3 Å². The fourth-order valence-corrected chi connectivity index (χ4v) is 6.47. The molecule has 1 fully saturated rings. The Morgan fingerprint density at radius 3 is 2.45 bits per heavy atom. The van der Waals surface area contributed by atoms with Gasteiger partial charge >= 0.3 is 6.18 Å². The van der Waals surface area contributed by atoms with Gasteiger partial charge in [-0.15, -0.1) is 5.10 Å². The number of nitrogens with zero attached hydrogens (tertiary/aromatic N) is 4. The van der Waals surface area contributed by atoms with E-state index in [4.69, 9.17) is 5.73 Å². The monoisotopic (exact) mass is 573 g/mol. The van der Waals surface area contributed by atoms with Crippen LogP contribution in [-0.2, 0) is 16.2 Å². The molecule has 3 heterocycles. The number of halogens is 5. The van der Waals surface area contributed by atoms with E-state index in [0.29, 0.717) is 41.8 Å². The lowest BCUT2D eigenvalue weighted by atomic mass is 9.92. The zero-order valence-corrected chi connectivity index (χ0v) is 21.0. The van der Waals surface area contributed by atoms with Crippen LogP contribution in [-0.4, -0.2) is 40.1 Å². The number of fused-ring (bicyclic) bond motifs is 1. The Kier molecular flexibility index (Phi) is 6.73. The van der Waals surface area contributed by atoms with Gasteiger partial charge in [0.25, 0.3) is 0 Å². The maximum atomic E-state index is 13.9. The van der Waals surface area contributed by atoms with Gasteiger partial charge in [-0.2, -0.15) is 13.2 Å². The van der Waals surface area contributed by atoms with Gasteiger partial charge in [0.15, 0.2) is 0 Å². The minimum absolute atomic E-state index is 0.00993. The van der Waals surface area contributed by atoms with Crippen molar-refractivity contribution in [2.75, 3.05) is 11.1 Å². The summed E-state index contributed by atoms with van der Waals surface area (Å²) in [6, 6.07) is 2.78. The molecule has 38 heavy (non-hydrogen) atoms. The first-order valence-corrected chi connectivity index (χ1v) is 13.6. The molecule has 0 aliphatic heterocycles. The van der Waals surface area contributed by atoms with E-state index < -0.39 is 50.2 Å². The van der Waals surface area contributed by atoms with Gasteiger partial charge in [-0.1, -0.05) is 11.3 Å². The largest absolute Gasteiger partial charge is 0.419 e. The molecule has 4 N–H and O–H groups in total. The second-order valence-corrected chi connectivity index (χ2v) is 11.4. The smallest absolute Gasteiger partial charge is 0.383 e. The van der Waals surface area contributed by atoms with Crippen LogP contribution in [0, 0.1) is 11.6 Å². The van der Waals surface area contributed by atoms with Crippen molar-refractivity contribution in [2.45, 2.75) is 48.8 Å². The number of sulfonamides is 1. The molecule has 1 aromatic carbocycles. The van der Waals surface area contributed by atoms with Crippen LogP contribution in [0.25, 0.3) is 16.2 Å². The molecule has 0 unspecified atom stereocenters. The Morgan fingerprint density at radius 2 is 1.79 bits per heavy atom. The molecule has 1 saturated carbocycles. The van der Waals surface area contributed by atoms with Crippen LogP contribution >= 0.6 is 11.3 Å². The maximum absolute atomic E-state index is 13.9. The number of hydrogen-bond donors (Lipinski definition) is 3. The Morgan fingerprint density at radius 1 is 1.08 bits per heavy atom. The first-order valence-electron chi connectivity index (χ1n) is 11.3. The van der Waals surface area contributed by atoms with Crippen LogP contribution in [0.2, 0.25) is 0 Å². The summed E-state index contributed by atoms with van der Waals surface area (Å²) in [7, 11) is -4.14. The topological polar surface area (TPSA) is 127 Å². The van der Waals surface area contributed by atoms with E-state index >= 15 is 0 Å². The van der Waals surface area contributed by atoms with E-state index in [0.717, 1.165) is 18.2 Å². The number of rotatable bonds is 6. The lowest BCUT2D eigenvalue weighted by molar-refractivity contribution is -0.137. The molecule has 1 aliphatic rings. The first-order chi connectivity index (χ1) is 17.9. The van der Waals surface area contributed by atoms with Crippen LogP contribution < -0.4 is 15.8 Å². The van der Waals surface area contributed by atoms with Crippen molar-refractivity contribution in [2.24, 2.45) is 0 Å². The van der Waals surface area contributed by atoms with Crippen molar-refractivity contribution < 1.29 is 30.4 Å². The summed E-state index contributed by atoms with van der Waals surface area (Å²) in [6.45, 7) is 0. The van der Waals surface area contributed by atoms with Crippen LogP contribution in [0.5, 0.6) is 0 Å². The zero-order chi connectivity index (χ0) is 27.2. The third kappa shape index (κ3) is 5.42. The van der Waals surface area contributed by atoms with Gasteiger partial charge in [0.05, 0.1) is 17.5 Å². The molecule has 16 heteroatoms. The predicted octanol–water partition coefficient (Wildman–Crippen LogP) is 4.43. The van der Waals surface area contributed by atoms with Gasteiger partial charge in [-0.05, 0) is 43.9 Å². The Bertz CT molecular complexity index is 1560. The number of hydrogen-bond acceptors (Lipinski definition) is 8. The highest BCUT2D eigenvalue weighted by molar-refractivity contribution is 7.89. The number of aromatic nitrogens is 4. The number of imidazole rings is 1. The molecule has 0 atom stereocenters. The first kappa shape index (κ1) is 26.2. The average Bonchev–Trinajstić information content (AvgIpc) is 3.38. The molecule has 0 amide bonds. The quantitative estimate of drug-likeness (QED) is 0.291. The number of alkyl halides is 3. The molecule has 9 nitrogen and oxygen atoms in total. The van der Waals surface area contributed by atoms with E-state index in [1.54, 1.807) is 0 Å². The third-order valence-electron chi connectivity index (χ3n) is 6.12. The third-order valence-corrected chi connectivity index (χ3v) is 8.53. The number of nitrogens with one attached hydrogen (secondary N) is 2. The highest BCUT2D eigenvalue weighted by Crippen LogP contribution is 2.35. The standard InChI is InChI=1S/C22H20F5N7O2S2/c23-12-1-6-18(16(24)8-12)38(35,36)33-14-4-2-13(3-5-14)30-20-32-34-10-17(31-21(34)37-20)11-7-15(22(25,26)27)19(28)29-9-11/h1,6-10,13-14,33H,2-5H2,(H2,28,29)(H,30,32). The van der Waals surface area contributed by atoms with Gasteiger partial charge in [-0.25, -0.2) is 36.4 Å². The van der Waals surface area contributed by atoms with Crippen LogP contribution in [0.4, 0.5) is 32.9 Å². The van der Waals surface area contributed by atoms with Crippen molar-refractivity contribution in [3.8, 4) is 11.3 Å². The number of pyridine rings is 1. The minimum Gasteiger partial charge on any atom is -0.383 e. The molecule has 0 spiro atoms. The Balaban J connectivity index is 1.21. The molecule has 1 aliphatic carbocycles. The summed E-state index contributed by atoms with van der Waals surface area (Å²) in [5.41, 5.74) is 4.73. The number of nitrogens with two attached hydrogens (primary N) is 1. The Hall–Kier alpha value is -3.37. The van der Waals surface area contributed by atoms with E-state index in [1.807, 2.05) is 0 Å². The summed E-state index contributed by atoms with van der Waals surface area (Å²) in [6.07, 6.45) is 0.233. The van der Waals surface area contributed by atoms with Crippen molar-refractivity contribution >= 4 is 37.3 Å². The molecule has 5 rings (SSSR count). The SMILES string of the molecule is Nc1ncc(-c2cn3nc(NC4CCC(NS(=O)(=O)c5ccc(F)cc5F)CC4)sc3n2)cc1C(F)(F)F. The normalized spacial score (nSPS) is 18.7. The zero-order valence-electron chi connectivity index (χ0n) is 19.3. The summed E-state index contributed by atoms with van der Waals surface area (Å²) < 4.78 is 95.5. The molecule has 0 radical (unpaired) electrons. The second kappa shape index (κ2) is 9.74. The number of nitrogen functional groups attached to an aromatic ring is 1. The van der Waals surface area contributed by atoms with Crippen LogP contribution in [0.1, 0.15) is 31.2 Å². The second-order valence-electron chi connectivity index (χ2n) is 8.80. The molecule has 0 saturated heterocycles. The predicted molar refractivity (Wildman–Crippen MR) is 130 cm³/mol. The molecule has 4 aromatic rings. The average molecular weight is 574 g/mol. The van der Waals surface area contributed by atoms with Gasteiger partial charge in [-0.3, -0.25) is 0 Å². The van der Waals surface area contributed by atoms with E-state index in [1.165, 1.54) is 28.2 Å². The summed E-state index contributed by atoms with van der Waals surface area (Å²) in [5.74, 6) is -2.63. The van der Waals surface area contributed by atoms with Crippen molar-refractivity contribution in [1.82, 2.24) is 24.3 Å².